The van der Waals surface area contributed by atoms with E-state index in [0.717, 1.165) is 38.4 Å². The number of hydrogen-bond acceptors (Lipinski definition) is 5. The number of aromatic nitrogens is 1. The second-order valence-electron chi connectivity index (χ2n) is 4.41. The normalized spacial score (nSPS) is 11.1. The predicted octanol–water partition coefficient (Wildman–Crippen LogP) is 3.52. The Kier molecular flexibility index (Phi) is 3.71. The van der Waals surface area contributed by atoms with Gasteiger partial charge in [0.2, 0.25) is 0 Å². The van der Waals surface area contributed by atoms with Gasteiger partial charge >= 0.3 is 0 Å². The molecule has 3 aromatic rings. The minimum absolute atomic E-state index is 0.667. The molecule has 4 nitrogen and oxygen atoms in total. The fraction of sp³-hybridized carbons (Fsp3) is 0.267. The van der Waals surface area contributed by atoms with Crippen molar-refractivity contribution >= 4 is 37.5 Å². The summed E-state index contributed by atoms with van der Waals surface area (Å²) in [5, 5.41) is 6.41. The fourth-order valence-corrected chi connectivity index (χ4v) is 3.17. The molecule has 3 rings (SSSR count). The Bertz CT molecular complexity index is 739. The van der Waals surface area contributed by atoms with Gasteiger partial charge in [0.05, 0.1) is 23.9 Å². The lowest BCUT2D eigenvalue weighted by Gasteiger charge is -2.05. The summed E-state index contributed by atoms with van der Waals surface area (Å²) in [5.41, 5.74) is 1.02. The van der Waals surface area contributed by atoms with E-state index in [2.05, 4.69) is 28.5 Å². The lowest BCUT2D eigenvalue weighted by atomic mass is 10.1. The number of methoxy groups -OCH3 is 2. The average molecular weight is 288 g/mol. The first-order valence-electron chi connectivity index (χ1n) is 6.42. The quantitative estimate of drug-likeness (QED) is 0.730. The van der Waals surface area contributed by atoms with Crippen molar-refractivity contribution in [2.24, 2.45) is 0 Å². The summed E-state index contributed by atoms with van der Waals surface area (Å²) in [6, 6.07) is 10.2. The molecule has 0 aliphatic carbocycles. The largest absolute Gasteiger partial charge is 0.496 e. The number of fused-ring (bicyclic) bond motifs is 3. The number of ether oxygens (including phenoxy) is 2. The molecule has 0 aliphatic heterocycles. The van der Waals surface area contributed by atoms with Crippen LogP contribution in [0.2, 0.25) is 0 Å². The van der Waals surface area contributed by atoms with Gasteiger partial charge in [0.15, 0.2) is 5.13 Å². The molecule has 0 unspecified atom stereocenters. The maximum Gasteiger partial charge on any atom is 0.183 e. The topological polar surface area (TPSA) is 43.4 Å². The summed E-state index contributed by atoms with van der Waals surface area (Å²) in [6.07, 6.45) is 0. The molecule has 0 spiro atoms. The second-order valence-corrected chi connectivity index (χ2v) is 5.44. The Balaban J connectivity index is 2.10. The summed E-state index contributed by atoms with van der Waals surface area (Å²) >= 11 is 1.63. The molecule has 0 radical (unpaired) electrons. The number of thiazole rings is 1. The zero-order chi connectivity index (χ0) is 13.9. The summed E-state index contributed by atoms with van der Waals surface area (Å²) in [5.74, 6) is 0.889. The molecule has 1 N–H and O–H groups in total. The summed E-state index contributed by atoms with van der Waals surface area (Å²) in [7, 11) is 3.39. The van der Waals surface area contributed by atoms with Gasteiger partial charge in [0.1, 0.15) is 5.75 Å². The lowest BCUT2D eigenvalue weighted by molar-refractivity contribution is 0.211. The van der Waals surface area contributed by atoms with Crippen molar-refractivity contribution in [2.45, 2.75) is 0 Å². The zero-order valence-corrected chi connectivity index (χ0v) is 12.3. The molecule has 104 valence electrons. The number of nitrogens with one attached hydrogen (secondary N) is 1. The van der Waals surface area contributed by atoms with Crippen LogP contribution in [0.15, 0.2) is 30.3 Å². The molecule has 0 bridgehead atoms. The Labute approximate surface area is 121 Å². The number of anilines is 1. The standard InChI is InChI=1S/C15H16N2O2S/c1-18-8-7-16-15-17-14-11-6-4-3-5-10(11)12(19-2)9-13(14)20-15/h3-6,9H,7-8H2,1-2H3,(H,16,17). The molecule has 0 saturated carbocycles. The Hall–Kier alpha value is -1.85. The summed E-state index contributed by atoms with van der Waals surface area (Å²) in [4.78, 5) is 4.68. The van der Waals surface area contributed by atoms with E-state index in [-0.39, 0.29) is 0 Å². The third-order valence-electron chi connectivity index (χ3n) is 3.17. The number of rotatable bonds is 5. The predicted molar refractivity (Wildman–Crippen MR) is 84.0 cm³/mol. The molecule has 0 amide bonds. The number of hydrogen-bond donors (Lipinski definition) is 1. The van der Waals surface area contributed by atoms with E-state index in [1.165, 1.54) is 0 Å². The van der Waals surface area contributed by atoms with E-state index in [9.17, 15) is 0 Å². The van der Waals surface area contributed by atoms with Crippen molar-refractivity contribution in [3.05, 3.63) is 30.3 Å². The van der Waals surface area contributed by atoms with E-state index >= 15 is 0 Å². The first-order chi connectivity index (χ1) is 9.83. The van der Waals surface area contributed by atoms with Crippen molar-refractivity contribution in [3.63, 3.8) is 0 Å². The molecule has 20 heavy (non-hydrogen) atoms. The molecule has 1 heterocycles. The van der Waals surface area contributed by atoms with Gasteiger partial charge in [-0.1, -0.05) is 35.6 Å². The number of benzene rings is 2. The van der Waals surface area contributed by atoms with Crippen molar-refractivity contribution < 1.29 is 9.47 Å². The van der Waals surface area contributed by atoms with Gasteiger partial charge in [-0.3, -0.25) is 0 Å². The summed E-state index contributed by atoms with van der Waals surface area (Å²) < 4.78 is 11.6. The highest BCUT2D eigenvalue weighted by molar-refractivity contribution is 7.22. The minimum atomic E-state index is 0.667. The van der Waals surface area contributed by atoms with Gasteiger partial charge in [-0.25, -0.2) is 4.98 Å². The molecule has 1 aromatic heterocycles. The fourth-order valence-electron chi connectivity index (χ4n) is 2.23. The van der Waals surface area contributed by atoms with E-state index in [1.54, 1.807) is 25.6 Å². The van der Waals surface area contributed by atoms with Gasteiger partial charge in [-0.2, -0.15) is 0 Å². The molecule has 0 aliphatic rings. The van der Waals surface area contributed by atoms with Crippen LogP contribution in [0, 0.1) is 0 Å². The molecule has 0 saturated heterocycles. The van der Waals surface area contributed by atoms with Crippen LogP contribution in [0.3, 0.4) is 0 Å². The van der Waals surface area contributed by atoms with Gasteiger partial charge in [0.25, 0.3) is 0 Å². The third-order valence-corrected chi connectivity index (χ3v) is 4.13. The van der Waals surface area contributed by atoms with Crippen LogP contribution >= 0.6 is 11.3 Å². The van der Waals surface area contributed by atoms with E-state index < -0.39 is 0 Å². The van der Waals surface area contributed by atoms with Gasteiger partial charge in [-0.15, -0.1) is 0 Å². The maximum absolute atomic E-state index is 5.48. The Morgan fingerprint density at radius 2 is 2.00 bits per heavy atom. The Morgan fingerprint density at radius 3 is 2.75 bits per heavy atom. The third kappa shape index (κ3) is 2.30. The SMILES string of the molecule is COCCNc1nc2c(cc(OC)c3ccccc32)s1. The van der Waals surface area contributed by atoms with E-state index in [4.69, 9.17) is 9.47 Å². The van der Waals surface area contributed by atoms with Crippen LogP contribution in [0.5, 0.6) is 5.75 Å². The van der Waals surface area contributed by atoms with Crippen molar-refractivity contribution in [3.8, 4) is 5.75 Å². The molecular weight excluding hydrogens is 272 g/mol. The lowest BCUT2D eigenvalue weighted by Crippen LogP contribution is -2.06. The van der Waals surface area contributed by atoms with Crippen LogP contribution in [-0.4, -0.2) is 32.4 Å². The van der Waals surface area contributed by atoms with Crippen molar-refractivity contribution in [1.29, 1.82) is 0 Å². The molecule has 0 atom stereocenters. The first kappa shape index (κ1) is 13.1. The van der Waals surface area contributed by atoms with Gasteiger partial charge in [0, 0.05) is 30.5 Å². The van der Waals surface area contributed by atoms with Crippen LogP contribution in [0.25, 0.3) is 21.0 Å². The molecule has 0 fully saturated rings. The highest BCUT2D eigenvalue weighted by Crippen LogP contribution is 2.37. The maximum atomic E-state index is 5.48. The smallest absolute Gasteiger partial charge is 0.183 e. The number of nitrogens with zero attached hydrogens (tertiary/aromatic N) is 1. The zero-order valence-electron chi connectivity index (χ0n) is 11.5. The Morgan fingerprint density at radius 1 is 1.20 bits per heavy atom. The average Bonchev–Trinajstić information content (AvgIpc) is 2.89. The highest BCUT2D eigenvalue weighted by Gasteiger charge is 2.11. The highest BCUT2D eigenvalue weighted by atomic mass is 32.1. The first-order valence-corrected chi connectivity index (χ1v) is 7.24. The van der Waals surface area contributed by atoms with Crippen LogP contribution in [0.4, 0.5) is 5.13 Å². The van der Waals surface area contributed by atoms with Crippen molar-refractivity contribution in [1.82, 2.24) is 4.98 Å². The van der Waals surface area contributed by atoms with Crippen LogP contribution in [-0.2, 0) is 4.74 Å². The van der Waals surface area contributed by atoms with Crippen LogP contribution in [0.1, 0.15) is 0 Å². The van der Waals surface area contributed by atoms with Crippen molar-refractivity contribution in [2.75, 3.05) is 32.7 Å². The molecule has 5 heteroatoms. The van der Waals surface area contributed by atoms with E-state index in [0.29, 0.717) is 6.61 Å². The molecule has 2 aromatic carbocycles. The van der Waals surface area contributed by atoms with Gasteiger partial charge in [-0.05, 0) is 0 Å². The van der Waals surface area contributed by atoms with Gasteiger partial charge < -0.3 is 14.8 Å². The second kappa shape index (κ2) is 5.64. The molecular formula is C15H16N2O2S. The summed E-state index contributed by atoms with van der Waals surface area (Å²) in [6.45, 7) is 1.42. The van der Waals surface area contributed by atoms with Crippen LogP contribution < -0.4 is 10.1 Å². The monoisotopic (exact) mass is 288 g/mol. The van der Waals surface area contributed by atoms with E-state index in [1.807, 2.05) is 12.1 Å². The minimum Gasteiger partial charge on any atom is -0.496 e.